The zero-order chi connectivity index (χ0) is 14.4. The van der Waals surface area contributed by atoms with Crippen molar-refractivity contribution in [3.8, 4) is 0 Å². The lowest BCUT2D eigenvalue weighted by atomic mass is 9.97. The Balaban J connectivity index is 2.42. The smallest absolute Gasteiger partial charge is 0.263 e. The van der Waals surface area contributed by atoms with Gasteiger partial charge in [-0.3, -0.25) is 4.79 Å². The summed E-state index contributed by atoms with van der Waals surface area (Å²) in [6.45, 7) is 8.27. The number of hydrogen-bond acceptors (Lipinski definition) is 3. The predicted molar refractivity (Wildman–Crippen MR) is 76.7 cm³/mol. The van der Waals surface area contributed by atoms with Crippen molar-refractivity contribution in [1.29, 1.82) is 0 Å². The standard InChI is InChI=1S/C14H27N3O2/c1-10(2)8-13(15)16-19-9-14(18)17-11(3)6-5-7-12(17)4/h10-12H,5-9H2,1-4H3,(H2,15,16). The molecule has 1 rings (SSSR count). The van der Waals surface area contributed by atoms with Gasteiger partial charge in [-0.1, -0.05) is 19.0 Å². The van der Waals surface area contributed by atoms with E-state index in [1.807, 2.05) is 4.90 Å². The fourth-order valence-corrected chi connectivity index (χ4v) is 2.61. The molecule has 2 atom stereocenters. The number of carbonyl (C=O) groups excluding carboxylic acids is 1. The first-order valence-corrected chi connectivity index (χ1v) is 7.17. The van der Waals surface area contributed by atoms with Crippen molar-refractivity contribution in [2.45, 2.75) is 65.5 Å². The Labute approximate surface area is 116 Å². The van der Waals surface area contributed by atoms with E-state index < -0.39 is 0 Å². The molecule has 0 spiro atoms. The zero-order valence-electron chi connectivity index (χ0n) is 12.6. The first kappa shape index (κ1) is 15.8. The minimum Gasteiger partial charge on any atom is -0.384 e. The summed E-state index contributed by atoms with van der Waals surface area (Å²) in [4.78, 5) is 19.1. The van der Waals surface area contributed by atoms with E-state index in [-0.39, 0.29) is 24.6 Å². The molecule has 1 fully saturated rings. The van der Waals surface area contributed by atoms with Crippen molar-refractivity contribution in [2.75, 3.05) is 6.61 Å². The van der Waals surface area contributed by atoms with E-state index in [1.54, 1.807) is 0 Å². The molecule has 1 heterocycles. The Morgan fingerprint density at radius 3 is 2.47 bits per heavy atom. The molecule has 0 aromatic rings. The lowest BCUT2D eigenvalue weighted by Gasteiger charge is -2.38. The second-order valence-electron chi connectivity index (χ2n) is 5.88. The van der Waals surface area contributed by atoms with Crippen molar-refractivity contribution in [2.24, 2.45) is 16.8 Å². The van der Waals surface area contributed by atoms with Crippen LogP contribution in [-0.4, -0.2) is 35.3 Å². The molecule has 19 heavy (non-hydrogen) atoms. The summed E-state index contributed by atoms with van der Waals surface area (Å²) >= 11 is 0. The number of amidine groups is 1. The Kier molecular flexibility index (Phi) is 6.12. The predicted octanol–water partition coefficient (Wildman–Crippen LogP) is 2.11. The molecule has 0 aromatic heterocycles. The van der Waals surface area contributed by atoms with Crippen LogP contribution in [0, 0.1) is 5.92 Å². The van der Waals surface area contributed by atoms with Crippen molar-refractivity contribution >= 4 is 11.7 Å². The Bertz CT molecular complexity index is 319. The molecule has 1 aliphatic heterocycles. The van der Waals surface area contributed by atoms with E-state index >= 15 is 0 Å². The summed E-state index contributed by atoms with van der Waals surface area (Å²) < 4.78 is 0. The normalized spacial score (nSPS) is 24.7. The van der Waals surface area contributed by atoms with Gasteiger partial charge in [-0.05, 0) is 39.0 Å². The molecule has 5 nitrogen and oxygen atoms in total. The van der Waals surface area contributed by atoms with Crippen LogP contribution >= 0.6 is 0 Å². The van der Waals surface area contributed by atoms with E-state index in [0.717, 1.165) is 12.8 Å². The maximum absolute atomic E-state index is 12.1. The van der Waals surface area contributed by atoms with Crippen LogP contribution in [0.5, 0.6) is 0 Å². The molecule has 5 heteroatoms. The van der Waals surface area contributed by atoms with Gasteiger partial charge in [0, 0.05) is 18.5 Å². The molecule has 0 aromatic carbocycles. The number of piperidine rings is 1. The van der Waals surface area contributed by atoms with Gasteiger partial charge < -0.3 is 15.5 Å². The van der Waals surface area contributed by atoms with Gasteiger partial charge in [0.15, 0.2) is 6.61 Å². The van der Waals surface area contributed by atoms with Gasteiger partial charge in [0.25, 0.3) is 5.91 Å². The summed E-state index contributed by atoms with van der Waals surface area (Å²) in [7, 11) is 0. The number of amides is 1. The fraction of sp³-hybridized carbons (Fsp3) is 0.857. The fourth-order valence-electron chi connectivity index (χ4n) is 2.61. The van der Waals surface area contributed by atoms with Crippen LogP contribution in [0.25, 0.3) is 0 Å². The number of carbonyl (C=O) groups is 1. The lowest BCUT2D eigenvalue weighted by Crippen LogP contribution is -2.48. The average molecular weight is 269 g/mol. The number of oxime groups is 1. The molecule has 1 saturated heterocycles. The third-order valence-corrected chi connectivity index (χ3v) is 3.47. The third-order valence-electron chi connectivity index (χ3n) is 3.47. The van der Waals surface area contributed by atoms with Gasteiger partial charge in [0.1, 0.15) is 5.84 Å². The molecule has 110 valence electrons. The van der Waals surface area contributed by atoms with Crippen molar-refractivity contribution in [3.63, 3.8) is 0 Å². The summed E-state index contributed by atoms with van der Waals surface area (Å²) in [6.07, 6.45) is 4.00. The van der Waals surface area contributed by atoms with Crippen molar-refractivity contribution in [1.82, 2.24) is 4.90 Å². The van der Waals surface area contributed by atoms with E-state index in [9.17, 15) is 4.79 Å². The van der Waals surface area contributed by atoms with Crippen LogP contribution in [-0.2, 0) is 9.63 Å². The molecule has 0 saturated carbocycles. The quantitative estimate of drug-likeness (QED) is 0.472. The van der Waals surface area contributed by atoms with Crippen LogP contribution in [0.4, 0.5) is 0 Å². The second-order valence-corrected chi connectivity index (χ2v) is 5.88. The van der Waals surface area contributed by atoms with E-state index in [4.69, 9.17) is 10.6 Å². The van der Waals surface area contributed by atoms with Gasteiger partial charge in [-0.2, -0.15) is 0 Å². The topological polar surface area (TPSA) is 67.9 Å². The maximum Gasteiger partial charge on any atom is 0.263 e. The van der Waals surface area contributed by atoms with E-state index in [0.29, 0.717) is 18.2 Å². The highest BCUT2D eigenvalue weighted by molar-refractivity contribution is 5.80. The molecule has 1 amide bonds. The highest BCUT2D eigenvalue weighted by Gasteiger charge is 2.28. The lowest BCUT2D eigenvalue weighted by molar-refractivity contribution is -0.142. The average Bonchev–Trinajstić information content (AvgIpc) is 2.27. The highest BCUT2D eigenvalue weighted by Crippen LogP contribution is 2.22. The van der Waals surface area contributed by atoms with E-state index in [1.165, 1.54) is 6.42 Å². The minimum absolute atomic E-state index is 0.000738. The molecule has 0 aliphatic carbocycles. The summed E-state index contributed by atoms with van der Waals surface area (Å²) in [5.41, 5.74) is 5.69. The van der Waals surface area contributed by atoms with Crippen LogP contribution in [0.2, 0.25) is 0 Å². The van der Waals surface area contributed by atoms with E-state index in [2.05, 4.69) is 32.9 Å². The van der Waals surface area contributed by atoms with Crippen LogP contribution in [0.3, 0.4) is 0 Å². The largest absolute Gasteiger partial charge is 0.384 e. The maximum atomic E-state index is 12.1. The molecule has 0 bridgehead atoms. The van der Waals surface area contributed by atoms with Gasteiger partial charge in [0.05, 0.1) is 0 Å². The molecule has 0 radical (unpaired) electrons. The monoisotopic (exact) mass is 269 g/mol. The number of nitrogens with zero attached hydrogens (tertiary/aromatic N) is 2. The number of rotatable bonds is 5. The first-order chi connectivity index (χ1) is 8.91. The van der Waals surface area contributed by atoms with Gasteiger partial charge >= 0.3 is 0 Å². The van der Waals surface area contributed by atoms with Crippen LogP contribution in [0.1, 0.15) is 53.4 Å². The second kappa shape index (κ2) is 7.36. The van der Waals surface area contributed by atoms with Crippen molar-refractivity contribution < 1.29 is 9.63 Å². The van der Waals surface area contributed by atoms with Gasteiger partial charge in [0.2, 0.25) is 0 Å². The van der Waals surface area contributed by atoms with Crippen LogP contribution < -0.4 is 5.73 Å². The summed E-state index contributed by atoms with van der Waals surface area (Å²) in [6, 6.07) is 0.577. The summed E-state index contributed by atoms with van der Waals surface area (Å²) in [5, 5.41) is 3.80. The summed E-state index contributed by atoms with van der Waals surface area (Å²) in [5.74, 6) is 0.883. The number of hydrogen-bond donors (Lipinski definition) is 1. The molecule has 2 unspecified atom stereocenters. The molecule has 2 N–H and O–H groups in total. The van der Waals surface area contributed by atoms with Gasteiger partial charge in [-0.25, -0.2) is 0 Å². The third kappa shape index (κ3) is 5.09. The zero-order valence-corrected chi connectivity index (χ0v) is 12.6. The van der Waals surface area contributed by atoms with Crippen molar-refractivity contribution in [3.05, 3.63) is 0 Å². The molecular weight excluding hydrogens is 242 g/mol. The van der Waals surface area contributed by atoms with Gasteiger partial charge in [-0.15, -0.1) is 0 Å². The first-order valence-electron chi connectivity index (χ1n) is 7.17. The molecular formula is C14H27N3O2. The SMILES string of the molecule is CC(C)C/C(N)=N/OCC(=O)N1C(C)CCCC1C. The Morgan fingerprint density at radius 2 is 1.95 bits per heavy atom. The minimum atomic E-state index is -0.0204. The van der Waals surface area contributed by atoms with Crippen LogP contribution in [0.15, 0.2) is 5.16 Å². The number of likely N-dealkylation sites (tertiary alicyclic amines) is 1. The Hall–Kier alpha value is -1.26. The Morgan fingerprint density at radius 1 is 1.37 bits per heavy atom. The molecule has 1 aliphatic rings. The number of nitrogens with two attached hydrogens (primary N) is 1. The highest BCUT2D eigenvalue weighted by atomic mass is 16.6.